The summed E-state index contributed by atoms with van der Waals surface area (Å²) in [6.45, 7) is 14.7. The van der Waals surface area contributed by atoms with Crippen molar-refractivity contribution in [2.24, 2.45) is 5.41 Å². The third-order valence-corrected chi connectivity index (χ3v) is 12.0. The number of rotatable bonds is 9. The number of para-hydroxylation sites is 3. The molecule has 0 N–H and O–H groups in total. The monoisotopic (exact) mass is 1090 g/mol. The predicted molar refractivity (Wildman–Crippen MR) is 282 cm³/mol. The Morgan fingerprint density at radius 1 is 0.600 bits per heavy atom. The summed E-state index contributed by atoms with van der Waals surface area (Å²) >= 11 is 0. The minimum Gasteiger partial charge on any atom is -0.501 e. The molecule has 11 aromatic rings. The van der Waals surface area contributed by atoms with Crippen LogP contribution in [0, 0.1) is 17.5 Å². The average Bonchev–Trinajstić information content (AvgIpc) is 3.97. The van der Waals surface area contributed by atoms with Crippen molar-refractivity contribution in [1.29, 1.82) is 0 Å². The summed E-state index contributed by atoms with van der Waals surface area (Å²) in [7, 11) is 0. The van der Waals surface area contributed by atoms with Gasteiger partial charge in [-0.3, -0.25) is 4.98 Å². The molecular formula is C62H54IrN6O-2. The summed E-state index contributed by atoms with van der Waals surface area (Å²) in [5.41, 5.74) is 12.3. The van der Waals surface area contributed by atoms with E-state index in [2.05, 4.69) is 97.9 Å². The molecule has 70 heavy (non-hydrogen) atoms. The van der Waals surface area contributed by atoms with Gasteiger partial charge in [-0.1, -0.05) is 174 Å². The van der Waals surface area contributed by atoms with Gasteiger partial charge in [0.25, 0.3) is 0 Å². The Morgan fingerprint density at radius 3 is 1.86 bits per heavy atom. The second-order valence-corrected chi connectivity index (χ2v) is 18.9. The first-order chi connectivity index (χ1) is 34.3. The molecule has 0 atom stereocenters. The predicted octanol–water partition coefficient (Wildman–Crippen LogP) is 16.0. The molecule has 0 amide bonds. The largest absolute Gasteiger partial charge is 0.501 e. The molecule has 1 radical (unpaired) electrons. The van der Waals surface area contributed by atoms with E-state index < -0.39 is 11.8 Å². The normalized spacial score (nSPS) is 12.2. The minimum absolute atomic E-state index is 0. The molecule has 4 heterocycles. The first-order valence-electron chi connectivity index (χ1n) is 24.6. The Morgan fingerprint density at radius 2 is 1.23 bits per heavy atom. The second-order valence-electron chi connectivity index (χ2n) is 18.9. The number of nitrogens with zero attached hydrogens (tertiary/aromatic N) is 6. The Labute approximate surface area is 426 Å². The zero-order chi connectivity index (χ0) is 49.4. The van der Waals surface area contributed by atoms with Crippen molar-refractivity contribution in [2.45, 2.75) is 66.7 Å². The fourth-order valence-electron chi connectivity index (χ4n) is 8.82. The first-order valence-corrected chi connectivity index (χ1v) is 23.6. The number of pyridine rings is 1. The number of furan rings is 1. The van der Waals surface area contributed by atoms with E-state index in [1.165, 1.54) is 16.8 Å². The zero-order valence-corrected chi connectivity index (χ0v) is 42.7. The van der Waals surface area contributed by atoms with Gasteiger partial charge in [0.1, 0.15) is 5.58 Å². The summed E-state index contributed by atoms with van der Waals surface area (Å²) < 4.78 is 26.4. The van der Waals surface area contributed by atoms with Gasteiger partial charge in [-0.2, -0.15) is 0 Å². The summed E-state index contributed by atoms with van der Waals surface area (Å²) in [6.07, 6.45) is 0.0974. The van der Waals surface area contributed by atoms with E-state index in [4.69, 9.17) is 27.1 Å². The third-order valence-electron chi connectivity index (χ3n) is 12.0. The van der Waals surface area contributed by atoms with Gasteiger partial charge in [0, 0.05) is 56.8 Å². The van der Waals surface area contributed by atoms with E-state index in [1.54, 1.807) is 18.3 Å². The number of hydrogen-bond acceptors (Lipinski definition) is 6. The van der Waals surface area contributed by atoms with Crippen LogP contribution in [0.5, 0.6) is 0 Å². The Hall–Kier alpha value is -7.38. The van der Waals surface area contributed by atoms with Crippen molar-refractivity contribution < 1.29 is 27.3 Å². The van der Waals surface area contributed by atoms with Crippen molar-refractivity contribution >= 4 is 33.0 Å². The minimum atomic E-state index is -1.55. The smallest absolute Gasteiger partial charge is 0.164 e. The molecule has 7 nitrogen and oxygen atoms in total. The van der Waals surface area contributed by atoms with Crippen LogP contribution in [0.1, 0.15) is 79.7 Å². The zero-order valence-electron chi connectivity index (χ0n) is 42.3. The molecule has 0 aliphatic rings. The molecule has 0 spiro atoms. The summed E-state index contributed by atoms with van der Waals surface area (Å²) in [5, 5.41) is 1.87. The van der Waals surface area contributed by atoms with Crippen LogP contribution in [0.4, 0.5) is 0 Å². The average molecular weight is 1090 g/mol. The van der Waals surface area contributed by atoms with Gasteiger partial charge in [-0.05, 0) is 64.7 Å². The molecule has 0 fully saturated rings. The van der Waals surface area contributed by atoms with Gasteiger partial charge in [0.15, 0.2) is 17.5 Å². The molecule has 11 rings (SSSR count). The molecule has 4 aromatic heterocycles. The van der Waals surface area contributed by atoms with Crippen LogP contribution in [0.3, 0.4) is 0 Å². The van der Waals surface area contributed by atoms with E-state index in [-0.39, 0.29) is 20.1 Å². The number of hydrogen-bond donors (Lipinski definition) is 0. The van der Waals surface area contributed by atoms with Crippen LogP contribution in [0.25, 0.3) is 95.5 Å². The van der Waals surface area contributed by atoms with Crippen LogP contribution >= 0.6 is 0 Å². The van der Waals surface area contributed by atoms with E-state index in [1.807, 2.05) is 130 Å². The second kappa shape index (κ2) is 20.3. The molecule has 0 aliphatic heterocycles. The standard InChI is InChI=1S/C37H29N4O.C25H25N2.Ir/c1-37(2,3)23-24-19-20-38-31(21-24)30-16-10-15-29-28-18-17-27(22-32(28)42-33(29)30)36-40-34(25-11-6-4-7-12-25)39-35(41-36)26-13-8-5-9-14-26;1-17(2)20-13-10-14-21(18(3)4)24(20)27-23-16-9-8-15-22(23)26-25(27)19-11-6-5-7-12-19;/h4-15,17-22H,23H2,1-3H3;5-11,13-18H,1-4H3;/q2*-1;/i23D2;;. The Kier molecular flexibility index (Phi) is 13.1. The maximum Gasteiger partial charge on any atom is 0.164 e. The molecule has 0 saturated carbocycles. The number of imidazole rings is 1. The molecule has 0 aliphatic carbocycles. The van der Waals surface area contributed by atoms with E-state index in [9.17, 15) is 0 Å². The topological polar surface area (TPSA) is 82.5 Å². The summed E-state index contributed by atoms with van der Waals surface area (Å²) in [5.74, 6) is 3.53. The van der Waals surface area contributed by atoms with Crippen molar-refractivity contribution in [3.8, 4) is 62.5 Å². The Bertz CT molecular complexity index is 3590. The van der Waals surface area contributed by atoms with E-state index in [0.29, 0.717) is 57.3 Å². The van der Waals surface area contributed by atoms with Crippen LogP contribution < -0.4 is 0 Å². The van der Waals surface area contributed by atoms with Gasteiger partial charge in [-0.15, -0.1) is 54.1 Å². The third kappa shape index (κ3) is 9.89. The van der Waals surface area contributed by atoms with Crippen LogP contribution in [0.2, 0.25) is 0 Å². The molecular weight excluding hydrogens is 1040 g/mol. The molecule has 349 valence electrons. The van der Waals surface area contributed by atoms with E-state index in [0.717, 1.165) is 49.9 Å². The van der Waals surface area contributed by atoms with E-state index >= 15 is 0 Å². The first kappa shape index (κ1) is 45.1. The molecule has 0 bridgehead atoms. The number of aromatic nitrogens is 6. The van der Waals surface area contributed by atoms with Crippen molar-refractivity contribution in [3.05, 3.63) is 205 Å². The SMILES string of the molecule is CC(C)c1cccc(C(C)C)c1-n1c(-c2[c-]cccc2)nc2ccccc21.[2H]C([2H])(c1ccnc(-c2[c-]ccc3c2oc2cc(-c4nc(-c5ccccc5)nc(-c5ccccc5)n4)ccc23)c1)C(C)(C)C.[Ir]. The summed E-state index contributed by atoms with van der Waals surface area (Å²) in [4.78, 5) is 24.1. The van der Waals surface area contributed by atoms with Gasteiger partial charge in [0.05, 0.1) is 22.4 Å². The number of fused-ring (bicyclic) bond motifs is 4. The molecule has 7 aromatic carbocycles. The van der Waals surface area contributed by atoms with Crippen LogP contribution in [-0.4, -0.2) is 29.5 Å². The maximum absolute atomic E-state index is 8.76. The molecule has 0 saturated heterocycles. The number of benzene rings is 7. The van der Waals surface area contributed by atoms with Crippen molar-refractivity contribution in [1.82, 2.24) is 29.5 Å². The quantitative estimate of drug-likeness (QED) is 0.134. The van der Waals surface area contributed by atoms with Gasteiger partial charge < -0.3 is 14.0 Å². The van der Waals surface area contributed by atoms with Crippen LogP contribution in [-0.2, 0) is 26.5 Å². The van der Waals surface area contributed by atoms with Crippen molar-refractivity contribution in [3.63, 3.8) is 0 Å². The van der Waals surface area contributed by atoms with Gasteiger partial charge in [-0.25, -0.2) is 15.0 Å². The fraction of sp³-hybridized carbons (Fsp3) is 0.177. The fourth-order valence-corrected chi connectivity index (χ4v) is 8.82. The van der Waals surface area contributed by atoms with Gasteiger partial charge >= 0.3 is 0 Å². The summed E-state index contributed by atoms with van der Waals surface area (Å²) in [6, 6.07) is 63.0. The van der Waals surface area contributed by atoms with Crippen molar-refractivity contribution in [2.75, 3.05) is 0 Å². The molecule has 0 unspecified atom stereocenters. The Balaban J connectivity index is 0.000000196. The molecule has 8 heteroatoms. The van der Waals surface area contributed by atoms with Crippen LogP contribution in [0.15, 0.2) is 180 Å². The van der Waals surface area contributed by atoms with Gasteiger partial charge in [0.2, 0.25) is 0 Å². The maximum atomic E-state index is 8.76.